The molecule has 0 spiro atoms. The lowest BCUT2D eigenvalue weighted by molar-refractivity contribution is -0.161. The van der Waals surface area contributed by atoms with Crippen molar-refractivity contribution in [3.63, 3.8) is 0 Å². The summed E-state index contributed by atoms with van der Waals surface area (Å²) in [7, 11) is 0. The van der Waals surface area contributed by atoms with Crippen LogP contribution in [0.2, 0.25) is 0 Å². The Bertz CT molecular complexity index is 1160. The molecule has 9 heteroatoms. The Morgan fingerprint density at radius 1 is 1.03 bits per heavy atom. The van der Waals surface area contributed by atoms with Crippen LogP contribution >= 0.6 is 12.4 Å². The number of ether oxygens (including phenoxy) is 3. The SMILES string of the molecule is CC(C)(C)C(=O)OC(COc1cccc2[nH]c(=O)[nH]c12)CN1CCC(COc2ccccc2)CC1.Cl. The van der Waals surface area contributed by atoms with Crippen molar-refractivity contribution in [1.29, 1.82) is 0 Å². The van der Waals surface area contributed by atoms with E-state index in [1.807, 2.05) is 63.2 Å². The average Bonchev–Trinajstić information content (AvgIpc) is 3.23. The number of esters is 1. The summed E-state index contributed by atoms with van der Waals surface area (Å²) < 4.78 is 17.9. The van der Waals surface area contributed by atoms with Crippen molar-refractivity contribution in [3.05, 3.63) is 59.0 Å². The Labute approximate surface area is 217 Å². The monoisotopic (exact) mass is 517 g/mol. The molecule has 196 valence electrons. The highest BCUT2D eigenvalue weighted by atomic mass is 35.5. The number of hydrogen-bond donors (Lipinski definition) is 2. The van der Waals surface area contributed by atoms with Crippen LogP contribution in [-0.2, 0) is 9.53 Å². The summed E-state index contributed by atoms with van der Waals surface area (Å²) in [5.41, 5.74) is 0.394. The lowest BCUT2D eigenvalue weighted by Crippen LogP contribution is -2.44. The van der Waals surface area contributed by atoms with Crippen LogP contribution in [0.4, 0.5) is 0 Å². The maximum atomic E-state index is 12.7. The summed E-state index contributed by atoms with van der Waals surface area (Å²) >= 11 is 0. The van der Waals surface area contributed by atoms with Gasteiger partial charge in [-0.15, -0.1) is 12.4 Å². The third-order valence-electron chi connectivity index (χ3n) is 6.22. The number of halogens is 1. The van der Waals surface area contributed by atoms with E-state index in [1.54, 1.807) is 6.07 Å². The number of aromatic amines is 2. The van der Waals surface area contributed by atoms with E-state index in [0.29, 0.717) is 35.9 Å². The third-order valence-corrected chi connectivity index (χ3v) is 6.22. The molecule has 1 aromatic heterocycles. The topological polar surface area (TPSA) is 96.7 Å². The molecule has 1 saturated heterocycles. The molecule has 8 nitrogen and oxygen atoms in total. The fourth-order valence-electron chi connectivity index (χ4n) is 4.14. The van der Waals surface area contributed by atoms with Gasteiger partial charge < -0.3 is 24.2 Å². The van der Waals surface area contributed by atoms with Gasteiger partial charge in [0, 0.05) is 6.54 Å². The number of likely N-dealkylation sites (tertiary alicyclic amines) is 1. The maximum Gasteiger partial charge on any atom is 0.323 e. The average molecular weight is 518 g/mol. The Morgan fingerprint density at radius 3 is 2.44 bits per heavy atom. The minimum absolute atomic E-state index is 0. The van der Waals surface area contributed by atoms with Crippen LogP contribution in [0.1, 0.15) is 33.6 Å². The zero-order valence-electron chi connectivity index (χ0n) is 21.1. The van der Waals surface area contributed by atoms with E-state index in [4.69, 9.17) is 14.2 Å². The number of hydrogen-bond acceptors (Lipinski definition) is 6. The second kappa shape index (κ2) is 12.3. The number of H-pyrrole nitrogens is 2. The number of nitrogens with zero attached hydrogens (tertiary/aromatic N) is 1. The number of carbonyl (C=O) groups excluding carboxylic acids is 1. The van der Waals surface area contributed by atoms with Crippen molar-refractivity contribution in [2.45, 2.75) is 39.7 Å². The van der Waals surface area contributed by atoms with Gasteiger partial charge >= 0.3 is 11.7 Å². The van der Waals surface area contributed by atoms with Crippen molar-refractivity contribution in [3.8, 4) is 11.5 Å². The van der Waals surface area contributed by atoms with Crippen LogP contribution in [0, 0.1) is 11.3 Å². The molecule has 1 aliphatic rings. The van der Waals surface area contributed by atoms with Gasteiger partial charge in [0.2, 0.25) is 0 Å². The van der Waals surface area contributed by atoms with Crippen molar-refractivity contribution in [2.75, 3.05) is 32.8 Å². The summed E-state index contributed by atoms with van der Waals surface area (Å²) in [6.45, 7) is 8.85. The van der Waals surface area contributed by atoms with Gasteiger partial charge in [0.25, 0.3) is 0 Å². The number of aromatic nitrogens is 2. The number of fused-ring (bicyclic) bond motifs is 1. The van der Waals surface area contributed by atoms with Crippen LogP contribution in [0.15, 0.2) is 53.3 Å². The van der Waals surface area contributed by atoms with Crippen molar-refractivity contribution in [1.82, 2.24) is 14.9 Å². The quantitative estimate of drug-likeness (QED) is 0.408. The molecule has 0 bridgehead atoms. The van der Waals surface area contributed by atoms with E-state index in [9.17, 15) is 9.59 Å². The normalized spacial score (nSPS) is 15.8. The Balaban J connectivity index is 0.00000361. The predicted octanol–water partition coefficient (Wildman–Crippen LogP) is 4.41. The fraction of sp³-hybridized carbons (Fsp3) is 0.481. The van der Waals surface area contributed by atoms with Crippen molar-refractivity contribution in [2.24, 2.45) is 11.3 Å². The second-order valence-corrected chi connectivity index (χ2v) is 10.2. The lowest BCUT2D eigenvalue weighted by atomic mass is 9.97. The number of carbonyl (C=O) groups is 1. The summed E-state index contributed by atoms with van der Waals surface area (Å²) in [5.74, 6) is 1.70. The first-order chi connectivity index (χ1) is 16.8. The highest BCUT2D eigenvalue weighted by Crippen LogP contribution is 2.24. The molecule has 0 saturated carbocycles. The number of para-hydroxylation sites is 2. The van der Waals surface area contributed by atoms with Gasteiger partial charge in [-0.3, -0.25) is 9.69 Å². The molecular weight excluding hydrogens is 482 g/mol. The highest BCUT2D eigenvalue weighted by Gasteiger charge is 2.29. The molecule has 2 aromatic carbocycles. The summed E-state index contributed by atoms with van der Waals surface area (Å²) in [6, 6.07) is 15.3. The smallest absolute Gasteiger partial charge is 0.323 e. The van der Waals surface area contributed by atoms with Crippen molar-refractivity contribution < 1.29 is 19.0 Å². The van der Waals surface area contributed by atoms with Gasteiger partial charge in [-0.2, -0.15) is 0 Å². The molecule has 1 atom stereocenters. The zero-order valence-corrected chi connectivity index (χ0v) is 21.9. The molecular formula is C27H36ClN3O5. The van der Waals surface area contributed by atoms with Gasteiger partial charge in [-0.1, -0.05) is 24.3 Å². The largest absolute Gasteiger partial charge is 0.493 e. The fourth-order valence-corrected chi connectivity index (χ4v) is 4.14. The molecule has 0 amide bonds. The first kappa shape index (κ1) is 27.6. The van der Waals surface area contributed by atoms with E-state index >= 15 is 0 Å². The number of rotatable bonds is 9. The number of piperidine rings is 1. The van der Waals surface area contributed by atoms with E-state index in [-0.39, 0.29) is 30.7 Å². The van der Waals surface area contributed by atoms with Crippen molar-refractivity contribution >= 4 is 29.4 Å². The zero-order chi connectivity index (χ0) is 24.8. The standard InChI is InChI=1S/C27H35N3O5.ClH/c1-27(2,3)25(31)35-21(18-34-23-11-7-10-22-24(23)29-26(32)28-22)16-30-14-12-19(13-15-30)17-33-20-8-5-4-6-9-20;/h4-11,19,21H,12-18H2,1-3H3,(H2,28,29,32);1H. The second-order valence-electron chi connectivity index (χ2n) is 10.2. The maximum absolute atomic E-state index is 12.7. The van der Waals surface area contributed by atoms with Crippen LogP contribution in [0.25, 0.3) is 11.0 Å². The minimum atomic E-state index is -0.605. The number of benzene rings is 2. The lowest BCUT2D eigenvalue weighted by Gasteiger charge is -2.34. The number of nitrogens with one attached hydrogen (secondary N) is 2. The van der Waals surface area contributed by atoms with Crippen LogP contribution in [0.3, 0.4) is 0 Å². The van der Waals surface area contributed by atoms with E-state index in [0.717, 1.165) is 31.7 Å². The minimum Gasteiger partial charge on any atom is -0.493 e. The van der Waals surface area contributed by atoms with Crippen LogP contribution in [-0.4, -0.2) is 59.8 Å². The Hall–Kier alpha value is -2.97. The van der Waals surface area contributed by atoms with E-state index < -0.39 is 11.5 Å². The Kier molecular flexibility index (Phi) is 9.45. The molecule has 36 heavy (non-hydrogen) atoms. The van der Waals surface area contributed by atoms with Gasteiger partial charge in [-0.05, 0) is 76.9 Å². The van der Waals surface area contributed by atoms with E-state index in [1.165, 1.54) is 0 Å². The first-order valence-electron chi connectivity index (χ1n) is 12.2. The highest BCUT2D eigenvalue weighted by molar-refractivity contribution is 5.85. The van der Waals surface area contributed by atoms with Gasteiger partial charge in [0.05, 0.1) is 17.5 Å². The summed E-state index contributed by atoms with van der Waals surface area (Å²) in [5, 5.41) is 0. The summed E-state index contributed by atoms with van der Waals surface area (Å²) in [4.78, 5) is 32.2. The van der Waals surface area contributed by atoms with Gasteiger partial charge in [-0.25, -0.2) is 4.79 Å². The molecule has 1 unspecified atom stereocenters. The molecule has 1 fully saturated rings. The first-order valence-corrected chi connectivity index (χ1v) is 12.2. The molecule has 4 rings (SSSR count). The molecule has 1 aliphatic heterocycles. The third kappa shape index (κ3) is 7.51. The molecule has 0 radical (unpaired) electrons. The van der Waals surface area contributed by atoms with E-state index in [2.05, 4.69) is 14.9 Å². The van der Waals surface area contributed by atoms with Crippen LogP contribution in [0.5, 0.6) is 11.5 Å². The summed E-state index contributed by atoms with van der Waals surface area (Å²) in [6.07, 6.45) is 1.62. The molecule has 2 heterocycles. The predicted molar refractivity (Wildman–Crippen MR) is 142 cm³/mol. The molecule has 3 aromatic rings. The molecule has 0 aliphatic carbocycles. The van der Waals surface area contributed by atoms with Gasteiger partial charge in [0.15, 0.2) is 0 Å². The Morgan fingerprint density at radius 2 is 1.75 bits per heavy atom. The number of imidazole rings is 1. The molecule has 2 N–H and O–H groups in total. The van der Waals surface area contributed by atoms with Gasteiger partial charge in [0.1, 0.15) is 29.7 Å². The van der Waals surface area contributed by atoms with Crippen LogP contribution < -0.4 is 15.2 Å².